The normalized spacial score (nSPS) is 15.3. The predicted molar refractivity (Wildman–Crippen MR) is 97.8 cm³/mol. The zero-order valence-corrected chi connectivity index (χ0v) is 15.6. The number of rotatable bonds is 7. The number of anilines is 1. The molecule has 2 rings (SSSR count). The molecule has 148 valence electrons. The lowest BCUT2D eigenvalue weighted by atomic mass is 10.2. The smallest absolute Gasteiger partial charge is 0.273 e. The summed E-state index contributed by atoms with van der Waals surface area (Å²) in [5, 5.41) is 13.5. The molecule has 10 nitrogen and oxygen atoms in total. The third kappa shape index (κ3) is 5.38. The van der Waals surface area contributed by atoms with Gasteiger partial charge in [0.2, 0.25) is 11.8 Å². The summed E-state index contributed by atoms with van der Waals surface area (Å²) in [6.07, 6.45) is 0. The average Bonchev–Trinajstić information content (AvgIpc) is 2.67. The molecule has 1 atom stereocenters. The second-order valence-corrected chi connectivity index (χ2v) is 6.22. The molecule has 2 amide bonds. The number of ether oxygens (including phenoxy) is 2. The van der Waals surface area contributed by atoms with Gasteiger partial charge in [0.05, 0.1) is 49.6 Å². The van der Waals surface area contributed by atoms with Crippen molar-refractivity contribution in [3.05, 3.63) is 28.3 Å². The fourth-order valence-electron chi connectivity index (χ4n) is 2.60. The van der Waals surface area contributed by atoms with Crippen molar-refractivity contribution < 1.29 is 24.0 Å². The van der Waals surface area contributed by atoms with E-state index >= 15 is 0 Å². The van der Waals surface area contributed by atoms with Gasteiger partial charge in [-0.1, -0.05) is 0 Å². The molecule has 1 aromatic rings. The van der Waals surface area contributed by atoms with E-state index in [2.05, 4.69) is 5.32 Å². The Morgan fingerprint density at radius 2 is 2.07 bits per heavy atom. The van der Waals surface area contributed by atoms with Crippen LogP contribution in [0.5, 0.6) is 5.75 Å². The summed E-state index contributed by atoms with van der Waals surface area (Å²) in [7, 11) is 3.06. The second-order valence-electron chi connectivity index (χ2n) is 6.22. The number of non-ortho nitro benzene ring substituents is 1. The summed E-state index contributed by atoms with van der Waals surface area (Å²) < 4.78 is 10.3. The molecule has 27 heavy (non-hydrogen) atoms. The van der Waals surface area contributed by atoms with Crippen molar-refractivity contribution in [3.8, 4) is 5.75 Å². The Morgan fingerprint density at radius 3 is 2.67 bits per heavy atom. The van der Waals surface area contributed by atoms with Gasteiger partial charge in [-0.3, -0.25) is 24.6 Å². The lowest BCUT2D eigenvalue weighted by Crippen LogP contribution is -2.48. The fraction of sp³-hybridized carbons (Fsp3) is 0.529. The monoisotopic (exact) mass is 380 g/mol. The predicted octanol–water partition coefficient (Wildman–Crippen LogP) is 0.721. The average molecular weight is 380 g/mol. The molecule has 1 aliphatic heterocycles. The summed E-state index contributed by atoms with van der Waals surface area (Å²) in [6, 6.07) is 3.36. The van der Waals surface area contributed by atoms with Crippen LogP contribution < -0.4 is 10.1 Å². The zero-order chi connectivity index (χ0) is 20.0. The van der Waals surface area contributed by atoms with Crippen LogP contribution in [0.15, 0.2) is 18.2 Å². The maximum atomic E-state index is 12.5. The van der Waals surface area contributed by atoms with Crippen LogP contribution >= 0.6 is 0 Å². The number of nitrogens with zero attached hydrogens (tertiary/aromatic N) is 3. The van der Waals surface area contributed by atoms with E-state index < -0.39 is 11.0 Å². The first-order valence-corrected chi connectivity index (χ1v) is 8.52. The lowest BCUT2D eigenvalue weighted by Gasteiger charge is -2.30. The van der Waals surface area contributed by atoms with E-state index in [-0.39, 0.29) is 29.8 Å². The van der Waals surface area contributed by atoms with Crippen LogP contribution in [0.4, 0.5) is 11.4 Å². The summed E-state index contributed by atoms with van der Waals surface area (Å²) in [6.45, 7) is 3.92. The van der Waals surface area contributed by atoms with Crippen LogP contribution in [-0.4, -0.2) is 79.6 Å². The van der Waals surface area contributed by atoms with Crippen molar-refractivity contribution in [1.82, 2.24) is 9.80 Å². The zero-order valence-electron chi connectivity index (χ0n) is 15.6. The fourth-order valence-corrected chi connectivity index (χ4v) is 2.60. The molecule has 0 aromatic heterocycles. The Labute approximate surface area is 157 Å². The topological polar surface area (TPSA) is 114 Å². The van der Waals surface area contributed by atoms with Crippen molar-refractivity contribution in [2.75, 3.05) is 52.3 Å². The summed E-state index contributed by atoms with van der Waals surface area (Å²) in [5.41, 5.74) is 0.193. The highest BCUT2D eigenvalue weighted by atomic mass is 16.6. The Bertz CT molecular complexity index is 705. The number of nitro groups is 1. The minimum Gasteiger partial charge on any atom is -0.494 e. The number of benzene rings is 1. The van der Waals surface area contributed by atoms with Crippen LogP contribution in [0.1, 0.15) is 6.92 Å². The van der Waals surface area contributed by atoms with Gasteiger partial charge < -0.3 is 19.7 Å². The van der Waals surface area contributed by atoms with Crippen LogP contribution in [-0.2, 0) is 14.3 Å². The van der Waals surface area contributed by atoms with Crippen molar-refractivity contribution >= 4 is 23.2 Å². The maximum absolute atomic E-state index is 12.5. The Morgan fingerprint density at radius 1 is 1.41 bits per heavy atom. The highest BCUT2D eigenvalue weighted by Gasteiger charge is 2.24. The van der Waals surface area contributed by atoms with Crippen molar-refractivity contribution in [3.63, 3.8) is 0 Å². The van der Waals surface area contributed by atoms with Gasteiger partial charge in [0, 0.05) is 19.2 Å². The van der Waals surface area contributed by atoms with E-state index in [1.807, 2.05) is 0 Å². The van der Waals surface area contributed by atoms with Gasteiger partial charge in [0.15, 0.2) is 0 Å². The van der Waals surface area contributed by atoms with Gasteiger partial charge in [-0.25, -0.2) is 0 Å². The Balaban J connectivity index is 1.98. The molecule has 1 saturated heterocycles. The minimum atomic E-state index is -0.588. The van der Waals surface area contributed by atoms with Gasteiger partial charge in [-0.2, -0.15) is 0 Å². The first-order chi connectivity index (χ1) is 12.8. The van der Waals surface area contributed by atoms with E-state index in [4.69, 9.17) is 9.47 Å². The number of hydrogen-bond acceptors (Lipinski definition) is 7. The molecule has 0 radical (unpaired) electrons. The van der Waals surface area contributed by atoms with Crippen LogP contribution in [0, 0.1) is 10.1 Å². The maximum Gasteiger partial charge on any atom is 0.273 e. The molecule has 0 saturated carbocycles. The van der Waals surface area contributed by atoms with Crippen molar-refractivity contribution in [2.24, 2.45) is 0 Å². The van der Waals surface area contributed by atoms with Crippen molar-refractivity contribution in [2.45, 2.75) is 13.0 Å². The highest BCUT2D eigenvalue weighted by molar-refractivity contribution is 5.96. The number of likely N-dealkylation sites (N-methyl/N-ethyl adjacent to an activating group) is 1. The number of nitro benzene ring substituents is 1. The number of carbonyl (C=O) groups is 2. The van der Waals surface area contributed by atoms with Gasteiger partial charge in [-0.15, -0.1) is 0 Å². The largest absolute Gasteiger partial charge is 0.494 e. The quantitative estimate of drug-likeness (QED) is 0.547. The van der Waals surface area contributed by atoms with Gasteiger partial charge in [-0.05, 0) is 20.0 Å². The SMILES string of the molecule is COc1cc([N+](=O)[O-])ccc1NC(=O)[C@@H](C)N(C)CC(=O)N1CCOCC1. The molecule has 0 aliphatic carbocycles. The number of morpholine rings is 1. The van der Waals surface area contributed by atoms with E-state index in [1.165, 1.54) is 25.3 Å². The number of amides is 2. The van der Waals surface area contributed by atoms with Crippen LogP contribution in [0.3, 0.4) is 0 Å². The number of nitrogens with one attached hydrogen (secondary N) is 1. The molecule has 0 spiro atoms. The third-order valence-electron chi connectivity index (χ3n) is 4.44. The third-order valence-corrected chi connectivity index (χ3v) is 4.44. The molecule has 1 aromatic carbocycles. The van der Waals surface area contributed by atoms with Crippen LogP contribution in [0.25, 0.3) is 0 Å². The summed E-state index contributed by atoms with van der Waals surface area (Å²) in [4.78, 5) is 38.5. The van der Waals surface area contributed by atoms with E-state index in [0.717, 1.165) is 0 Å². The molecule has 0 unspecified atom stereocenters. The van der Waals surface area contributed by atoms with Gasteiger partial charge >= 0.3 is 0 Å². The first-order valence-electron chi connectivity index (χ1n) is 8.52. The second kappa shape index (κ2) is 9.28. The molecular formula is C17H24N4O6. The molecule has 1 heterocycles. The first kappa shape index (κ1) is 20.6. The molecule has 1 aliphatic rings. The molecule has 10 heteroatoms. The molecular weight excluding hydrogens is 356 g/mol. The summed E-state index contributed by atoms with van der Waals surface area (Å²) in [5.74, 6) is -0.218. The van der Waals surface area contributed by atoms with E-state index in [1.54, 1.807) is 23.8 Å². The van der Waals surface area contributed by atoms with Crippen molar-refractivity contribution in [1.29, 1.82) is 0 Å². The van der Waals surface area contributed by atoms with Crippen LogP contribution in [0.2, 0.25) is 0 Å². The Kier molecular flexibility index (Phi) is 7.08. The van der Waals surface area contributed by atoms with E-state index in [0.29, 0.717) is 32.0 Å². The summed E-state index contributed by atoms with van der Waals surface area (Å²) >= 11 is 0. The lowest BCUT2D eigenvalue weighted by molar-refractivity contribution is -0.384. The number of carbonyl (C=O) groups excluding carboxylic acids is 2. The highest BCUT2D eigenvalue weighted by Crippen LogP contribution is 2.29. The minimum absolute atomic E-state index is 0.0617. The van der Waals surface area contributed by atoms with E-state index in [9.17, 15) is 19.7 Å². The number of methoxy groups -OCH3 is 1. The molecule has 1 fully saturated rings. The molecule has 0 bridgehead atoms. The standard InChI is InChI=1S/C17H24N4O6/c1-12(19(2)11-16(22)20-6-8-27-9-7-20)17(23)18-14-5-4-13(21(24)25)10-15(14)26-3/h4-5,10,12H,6-9,11H2,1-3H3,(H,18,23)/t12-/m1/s1. The molecule has 1 N–H and O–H groups in total. The Hall–Kier alpha value is -2.72. The van der Waals surface area contributed by atoms with Gasteiger partial charge in [0.1, 0.15) is 5.75 Å². The van der Waals surface area contributed by atoms with Gasteiger partial charge in [0.25, 0.3) is 5.69 Å². The number of hydrogen-bond donors (Lipinski definition) is 1.